The number of hydrogen-bond donors (Lipinski definition) is 3. The van der Waals surface area contributed by atoms with Crippen LogP contribution in [-0.4, -0.2) is 27.2 Å². The molecule has 2 aliphatic rings. The highest BCUT2D eigenvalue weighted by Gasteiger charge is 2.57. The number of aliphatic hydroxyl groups excluding tert-OH is 1. The molecule has 1 saturated carbocycles. The SMILES string of the molecule is CC(C)c1cc2c(c(O)c1O)[C@@]1(C)CCCC(C)(C)C1[C@@H](O)C2=O. The second-order valence-electron chi connectivity index (χ2n) is 8.79. The van der Waals surface area contributed by atoms with Crippen molar-refractivity contribution in [1.82, 2.24) is 0 Å². The van der Waals surface area contributed by atoms with E-state index in [1.165, 1.54) is 0 Å². The van der Waals surface area contributed by atoms with Gasteiger partial charge < -0.3 is 15.3 Å². The molecule has 0 saturated heterocycles. The number of carbonyl (C=O) groups excluding carboxylic acids is 1. The summed E-state index contributed by atoms with van der Waals surface area (Å²) in [5, 5.41) is 32.1. The van der Waals surface area contributed by atoms with E-state index < -0.39 is 11.5 Å². The first-order valence-corrected chi connectivity index (χ1v) is 8.84. The molecule has 0 radical (unpaired) electrons. The van der Waals surface area contributed by atoms with E-state index in [4.69, 9.17) is 0 Å². The second-order valence-corrected chi connectivity index (χ2v) is 8.79. The summed E-state index contributed by atoms with van der Waals surface area (Å²) < 4.78 is 0. The Morgan fingerprint density at radius 1 is 1.12 bits per heavy atom. The molecule has 0 heterocycles. The molecule has 1 aromatic carbocycles. The maximum atomic E-state index is 12.9. The summed E-state index contributed by atoms with van der Waals surface area (Å²) in [5.41, 5.74) is 0.708. The van der Waals surface area contributed by atoms with Crippen molar-refractivity contribution in [2.24, 2.45) is 11.3 Å². The molecule has 1 fully saturated rings. The van der Waals surface area contributed by atoms with Gasteiger partial charge in [0.25, 0.3) is 0 Å². The highest BCUT2D eigenvalue weighted by molar-refractivity contribution is 6.04. The monoisotopic (exact) mass is 332 g/mol. The van der Waals surface area contributed by atoms with E-state index in [2.05, 4.69) is 13.8 Å². The third kappa shape index (κ3) is 2.12. The minimum atomic E-state index is -1.07. The molecule has 24 heavy (non-hydrogen) atoms. The Labute approximate surface area is 143 Å². The minimum Gasteiger partial charge on any atom is -0.504 e. The molecule has 0 aromatic heterocycles. The zero-order valence-electron chi connectivity index (χ0n) is 15.2. The number of benzene rings is 1. The van der Waals surface area contributed by atoms with Gasteiger partial charge >= 0.3 is 0 Å². The van der Waals surface area contributed by atoms with E-state index in [9.17, 15) is 20.1 Å². The van der Waals surface area contributed by atoms with Crippen molar-refractivity contribution in [2.45, 2.75) is 71.3 Å². The number of aliphatic hydroxyl groups is 1. The highest BCUT2D eigenvalue weighted by atomic mass is 16.3. The lowest BCUT2D eigenvalue weighted by atomic mass is 9.49. The van der Waals surface area contributed by atoms with Crippen LogP contribution in [-0.2, 0) is 5.41 Å². The molecule has 0 amide bonds. The van der Waals surface area contributed by atoms with E-state index in [0.29, 0.717) is 16.7 Å². The van der Waals surface area contributed by atoms with Gasteiger partial charge in [-0.25, -0.2) is 0 Å². The molecule has 0 aliphatic heterocycles. The molecule has 3 rings (SSSR count). The fraction of sp³-hybridized carbons (Fsp3) is 0.650. The van der Waals surface area contributed by atoms with Crippen molar-refractivity contribution >= 4 is 5.78 Å². The topological polar surface area (TPSA) is 77.8 Å². The molecule has 3 atom stereocenters. The molecule has 3 N–H and O–H groups in total. The Morgan fingerprint density at radius 3 is 2.33 bits per heavy atom. The van der Waals surface area contributed by atoms with Crippen LogP contribution in [0.1, 0.15) is 81.3 Å². The number of hydrogen-bond acceptors (Lipinski definition) is 4. The molecule has 1 aromatic rings. The lowest BCUT2D eigenvalue weighted by Gasteiger charge is -2.55. The van der Waals surface area contributed by atoms with Gasteiger partial charge in [0, 0.05) is 28.0 Å². The Balaban J connectivity index is 2.34. The first-order valence-electron chi connectivity index (χ1n) is 8.84. The third-order valence-electron chi connectivity index (χ3n) is 6.39. The van der Waals surface area contributed by atoms with E-state index in [-0.39, 0.29) is 34.5 Å². The number of phenols is 2. The minimum absolute atomic E-state index is 0.0283. The fourth-order valence-electron chi connectivity index (χ4n) is 5.34. The lowest BCUT2D eigenvalue weighted by molar-refractivity contribution is -0.0396. The molecule has 2 aliphatic carbocycles. The fourth-order valence-corrected chi connectivity index (χ4v) is 5.34. The van der Waals surface area contributed by atoms with Crippen LogP contribution in [0.15, 0.2) is 6.07 Å². The average molecular weight is 332 g/mol. The zero-order chi connectivity index (χ0) is 18.0. The van der Waals surface area contributed by atoms with Gasteiger partial charge in [-0.3, -0.25) is 4.79 Å². The van der Waals surface area contributed by atoms with Crippen molar-refractivity contribution in [1.29, 1.82) is 0 Å². The Hall–Kier alpha value is -1.55. The maximum Gasteiger partial charge on any atom is 0.192 e. The smallest absolute Gasteiger partial charge is 0.192 e. The largest absolute Gasteiger partial charge is 0.504 e. The van der Waals surface area contributed by atoms with Gasteiger partial charge in [0.15, 0.2) is 17.3 Å². The summed E-state index contributed by atoms with van der Waals surface area (Å²) >= 11 is 0. The number of aromatic hydroxyl groups is 2. The van der Waals surface area contributed by atoms with Gasteiger partial charge in [-0.2, -0.15) is 0 Å². The summed E-state index contributed by atoms with van der Waals surface area (Å²) in [5.74, 6) is -0.939. The van der Waals surface area contributed by atoms with Crippen LogP contribution in [0, 0.1) is 11.3 Å². The zero-order valence-corrected chi connectivity index (χ0v) is 15.2. The number of Topliss-reactive ketones (excluding diaryl/α,β-unsaturated/α-hetero) is 1. The van der Waals surface area contributed by atoms with E-state index in [1.54, 1.807) is 6.07 Å². The Morgan fingerprint density at radius 2 is 1.75 bits per heavy atom. The van der Waals surface area contributed by atoms with Crippen molar-refractivity contribution in [2.75, 3.05) is 0 Å². The van der Waals surface area contributed by atoms with Crippen molar-refractivity contribution in [3.8, 4) is 11.5 Å². The number of rotatable bonds is 1. The summed E-state index contributed by atoms with van der Waals surface area (Å²) in [6.45, 7) is 9.98. The highest BCUT2D eigenvalue weighted by Crippen LogP contribution is 2.60. The predicted molar refractivity (Wildman–Crippen MR) is 92.7 cm³/mol. The van der Waals surface area contributed by atoms with Crippen LogP contribution in [0.5, 0.6) is 11.5 Å². The van der Waals surface area contributed by atoms with Crippen molar-refractivity contribution in [3.05, 3.63) is 22.8 Å². The molecular formula is C20H28O4. The molecule has 4 nitrogen and oxygen atoms in total. The van der Waals surface area contributed by atoms with Crippen LogP contribution < -0.4 is 0 Å². The maximum absolute atomic E-state index is 12.9. The molecule has 0 spiro atoms. The first kappa shape index (κ1) is 17.3. The second kappa shape index (κ2) is 5.22. The molecule has 4 heteroatoms. The van der Waals surface area contributed by atoms with E-state index >= 15 is 0 Å². The third-order valence-corrected chi connectivity index (χ3v) is 6.39. The molecule has 132 valence electrons. The molecule has 0 bridgehead atoms. The predicted octanol–water partition coefficient (Wildman–Crippen LogP) is 3.86. The number of carbonyl (C=O) groups is 1. The van der Waals surface area contributed by atoms with Crippen LogP contribution >= 0.6 is 0 Å². The van der Waals surface area contributed by atoms with E-state index in [0.717, 1.165) is 19.3 Å². The van der Waals surface area contributed by atoms with Crippen LogP contribution in [0.3, 0.4) is 0 Å². The number of ketones is 1. The van der Waals surface area contributed by atoms with Crippen molar-refractivity contribution in [3.63, 3.8) is 0 Å². The van der Waals surface area contributed by atoms with Crippen molar-refractivity contribution < 1.29 is 20.1 Å². The molecular weight excluding hydrogens is 304 g/mol. The average Bonchev–Trinajstić information content (AvgIpc) is 2.46. The normalized spacial score (nSPS) is 31.7. The quantitative estimate of drug-likeness (QED) is 0.682. The number of phenolic OH excluding ortho intramolecular Hbond substituents is 2. The summed E-state index contributed by atoms with van der Waals surface area (Å²) in [6.07, 6.45) is 1.62. The van der Waals surface area contributed by atoms with Gasteiger partial charge in [-0.05, 0) is 30.2 Å². The Kier molecular flexibility index (Phi) is 3.76. The van der Waals surface area contributed by atoms with Gasteiger partial charge in [0.2, 0.25) is 0 Å². The van der Waals surface area contributed by atoms with E-state index in [1.807, 2.05) is 20.8 Å². The van der Waals surface area contributed by atoms with Gasteiger partial charge in [0.05, 0.1) is 0 Å². The first-order chi connectivity index (χ1) is 11.0. The summed E-state index contributed by atoms with van der Waals surface area (Å²) in [6, 6.07) is 1.67. The number of fused-ring (bicyclic) bond motifs is 3. The van der Waals surface area contributed by atoms with Gasteiger partial charge in [0.1, 0.15) is 6.10 Å². The Bertz CT molecular complexity index is 704. The standard InChI is InChI=1S/C20H28O4/c1-10(2)11-9-12-13(16(23)14(11)21)20(5)8-6-7-19(3,4)18(20)17(24)15(12)22/h9-10,17-18,21,23-24H,6-8H2,1-5H3/t17-,18?,20+/m0/s1. The van der Waals surface area contributed by atoms with Gasteiger partial charge in [-0.1, -0.05) is 41.0 Å². The summed E-state index contributed by atoms with van der Waals surface area (Å²) in [7, 11) is 0. The molecule has 1 unspecified atom stereocenters. The van der Waals surface area contributed by atoms with Crippen LogP contribution in [0.25, 0.3) is 0 Å². The van der Waals surface area contributed by atoms with Gasteiger partial charge in [-0.15, -0.1) is 0 Å². The van der Waals surface area contributed by atoms with Crippen LogP contribution in [0.2, 0.25) is 0 Å². The summed E-state index contributed by atoms with van der Waals surface area (Å²) in [4.78, 5) is 12.9. The van der Waals surface area contributed by atoms with Crippen LogP contribution in [0.4, 0.5) is 0 Å². The lowest BCUT2D eigenvalue weighted by Crippen LogP contribution is -2.56.